The SMILES string of the molecule is COc1cc(C(=O)NCC(=O)N/N=C\c2cc(Br)ccc2OC(=O)c2ccc(Cl)cc2)cc(OC)c1OC. The first-order chi connectivity index (χ1) is 18.2. The van der Waals surface area contributed by atoms with Crippen molar-refractivity contribution in [1.29, 1.82) is 0 Å². The van der Waals surface area contributed by atoms with Gasteiger partial charge >= 0.3 is 5.97 Å². The monoisotopic (exact) mass is 603 g/mol. The average molecular weight is 605 g/mol. The molecule has 2 N–H and O–H groups in total. The first kappa shape index (κ1) is 28.5. The van der Waals surface area contributed by atoms with Crippen LogP contribution in [-0.2, 0) is 4.79 Å². The number of hydrazone groups is 1. The lowest BCUT2D eigenvalue weighted by Crippen LogP contribution is -2.35. The number of carbonyl (C=O) groups is 3. The van der Waals surface area contributed by atoms with E-state index in [1.807, 2.05) is 0 Å². The molecule has 0 heterocycles. The zero-order valence-corrected chi connectivity index (χ0v) is 22.9. The summed E-state index contributed by atoms with van der Waals surface area (Å²) in [6.45, 7) is -0.357. The van der Waals surface area contributed by atoms with Crippen LogP contribution in [0, 0.1) is 0 Å². The molecule has 38 heavy (non-hydrogen) atoms. The lowest BCUT2D eigenvalue weighted by Gasteiger charge is -2.14. The predicted molar refractivity (Wildman–Crippen MR) is 145 cm³/mol. The van der Waals surface area contributed by atoms with Gasteiger partial charge in [0.1, 0.15) is 5.75 Å². The number of rotatable bonds is 10. The summed E-state index contributed by atoms with van der Waals surface area (Å²) in [5, 5.41) is 6.89. The minimum atomic E-state index is -0.586. The van der Waals surface area contributed by atoms with E-state index in [9.17, 15) is 14.4 Å². The van der Waals surface area contributed by atoms with Crippen LogP contribution in [-0.4, -0.2) is 51.9 Å². The molecule has 0 fully saturated rings. The van der Waals surface area contributed by atoms with E-state index in [4.69, 9.17) is 30.5 Å². The second kappa shape index (κ2) is 13.5. The molecule has 198 valence electrons. The average Bonchev–Trinajstić information content (AvgIpc) is 2.92. The van der Waals surface area contributed by atoms with Gasteiger partial charge in [0, 0.05) is 20.6 Å². The van der Waals surface area contributed by atoms with E-state index in [1.165, 1.54) is 39.7 Å². The molecule has 10 nitrogen and oxygen atoms in total. The van der Waals surface area contributed by atoms with Crippen LogP contribution >= 0.6 is 27.5 Å². The van der Waals surface area contributed by atoms with E-state index < -0.39 is 17.8 Å². The normalized spacial score (nSPS) is 10.6. The number of methoxy groups -OCH3 is 3. The van der Waals surface area contributed by atoms with Gasteiger partial charge in [-0.05, 0) is 54.6 Å². The fourth-order valence-electron chi connectivity index (χ4n) is 3.15. The Morgan fingerprint density at radius 2 is 1.55 bits per heavy atom. The molecule has 0 atom stereocenters. The predicted octanol–water partition coefficient (Wildman–Crippen LogP) is 4.23. The van der Waals surface area contributed by atoms with Crippen LogP contribution in [0.15, 0.2) is 64.2 Å². The number of benzene rings is 3. The second-order valence-corrected chi connectivity index (χ2v) is 8.82. The van der Waals surface area contributed by atoms with Crippen molar-refractivity contribution < 1.29 is 33.3 Å². The van der Waals surface area contributed by atoms with Gasteiger partial charge in [0.2, 0.25) is 5.75 Å². The second-order valence-electron chi connectivity index (χ2n) is 7.47. The number of nitrogens with zero attached hydrogens (tertiary/aromatic N) is 1. The molecule has 2 amide bonds. The molecule has 0 aliphatic heterocycles. The Morgan fingerprint density at radius 3 is 2.16 bits per heavy atom. The summed E-state index contributed by atoms with van der Waals surface area (Å²) in [6, 6.07) is 14.1. The Balaban J connectivity index is 1.61. The third kappa shape index (κ3) is 7.46. The third-order valence-corrected chi connectivity index (χ3v) is 5.73. The summed E-state index contributed by atoms with van der Waals surface area (Å²) in [7, 11) is 4.31. The molecule has 3 rings (SSSR count). The van der Waals surface area contributed by atoms with Crippen LogP contribution in [0.2, 0.25) is 5.02 Å². The highest BCUT2D eigenvalue weighted by atomic mass is 79.9. The van der Waals surface area contributed by atoms with Crippen molar-refractivity contribution in [1.82, 2.24) is 10.7 Å². The van der Waals surface area contributed by atoms with Gasteiger partial charge in [-0.1, -0.05) is 27.5 Å². The highest BCUT2D eigenvalue weighted by molar-refractivity contribution is 9.10. The molecule has 12 heteroatoms. The van der Waals surface area contributed by atoms with Crippen molar-refractivity contribution >= 4 is 51.5 Å². The maximum atomic E-state index is 12.6. The van der Waals surface area contributed by atoms with E-state index >= 15 is 0 Å². The van der Waals surface area contributed by atoms with Crippen molar-refractivity contribution in [2.45, 2.75) is 0 Å². The van der Waals surface area contributed by atoms with Crippen LogP contribution in [0.5, 0.6) is 23.0 Å². The van der Waals surface area contributed by atoms with E-state index in [0.717, 1.165) is 0 Å². The Labute approximate surface area is 232 Å². The van der Waals surface area contributed by atoms with Crippen molar-refractivity contribution in [3.63, 3.8) is 0 Å². The molecule has 0 aromatic heterocycles. The van der Waals surface area contributed by atoms with E-state index in [0.29, 0.717) is 37.9 Å². The fourth-order valence-corrected chi connectivity index (χ4v) is 3.65. The number of hydrogen-bond donors (Lipinski definition) is 2. The van der Waals surface area contributed by atoms with Gasteiger partial charge < -0.3 is 24.3 Å². The first-order valence-electron chi connectivity index (χ1n) is 10.9. The van der Waals surface area contributed by atoms with Crippen molar-refractivity contribution in [3.8, 4) is 23.0 Å². The third-order valence-electron chi connectivity index (χ3n) is 4.98. The molecule has 0 radical (unpaired) electrons. The minimum absolute atomic E-state index is 0.206. The van der Waals surface area contributed by atoms with Gasteiger partial charge in [-0.25, -0.2) is 10.2 Å². The number of amides is 2. The summed E-state index contributed by atoms with van der Waals surface area (Å²) in [6.07, 6.45) is 1.31. The van der Waals surface area contributed by atoms with Gasteiger partial charge in [0.15, 0.2) is 11.5 Å². The summed E-state index contributed by atoms with van der Waals surface area (Å²) in [5.74, 6) is -0.549. The van der Waals surface area contributed by atoms with Crippen LogP contribution in [0.4, 0.5) is 0 Å². The highest BCUT2D eigenvalue weighted by Gasteiger charge is 2.17. The molecular weight excluding hydrogens is 582 g/mol. The molecular formula is C26H23BrClN3O7. The summed E-state index contributed by atoms with van der Waals surface area (Å²) >= 11 is 9.21. The smallest absolute Gasteiger partial charge is 0.343 e. The zero-order chi connectivity index (χ0) is 27.7. The molecule has 0 saturated heterocycles. The lowest BCUT2D eigenvalue weighted by atomic mass is 10.1. The Bertz CT molecular complexity index is 1340. The zero-order valence-electron chi connectivity index (χ0n) is 20.5. The molecule has 0 bridgehead atoms. The van der Waals surface area contributed by atoms with Crippen molar-refractivity contribution in [3.05, 3.63) is 80.8 Å². The van der Waals surface area contributed by atoms with Gasteiger partial charge in [-0.15, -0.1) is 0 Å². The molecule has 0 saturated carbocycles. The highest BCUT2D eigenvalue weighted by Crippen LogP contribution is 2.38. The standard InChI is InChI=1S/C26H23BrClN3O7/c1-35-21-11-16(12-22(36-2)24(21)37-3)25(33)29-14-23(32)31-30-13-17-10-18(27)6-9-20(17)38-26(34)15-4-7-19(28)8-5-15/h4-13H,14H2,1-3H3,(H,29,33)(H,31,32)/b30-13-. The largest absolute Gasteiger partial charge is 0.493 e. The number of nitrogens with one attached hydrogen (secondary N) is 2. The van der Waals surface area contributed by atoms with Crippen molar-refractivity contribution in [2.24, 2.45) is 5.10 Å². The van der Waals surface area contributed by atoms with Crippen LogP contribution in [0.3, 0.4) is 0 Å². The first-order valence-corrected chi connectivity index (χ1v) is 12.1. The van der Waals surface area contributed by atoms with Gasteiger partial charge in [-0.3, -0.25) is 9.59 Å². The maximum absolute atomic E-state index is 12.6. The molecule has 0 aliphatic carbocycles. The number of hydrogen-bond acceptors (Lipinski definition) is 8. The van der Waals surface area contributed by atoms with Crippen molar-refractivity contribution in [2.75, 3.05) is 27.9 Å². The van der Waals surface area contributed by atoms with Gasteiger partial charge in [0.05, 0.1) is 39.7 Å². The van der Waals surface area contributed by atoms with E-state index in [-0.39, 0.29) is 17.9 Å². The number of ether oxygens (including phenoxy) is 4. The topological polar surface area (TPSA) is 125 Å². The van der Waals surface area contributed by atoms with Gasteiger partial charge in [0.25, 0.3) is 11.8 Å². The Hall–Kier alpha value is -4.09. The Morgan fingerprint density at radius 1 is 0.895 bits per heavy atom. The number of halogens is 2. The van der Waals surface area contributed by atoms with Crippen LogP contribution in [0.25, 0.3) is 0 Å². The Kier molecular flexibility index (Phi) is 10.1. The van der Waals surface area contributed by atoms with Crippen LogP contribution in [0.1, 0.15) is 26.3 Å². The maximum Gasteiger partial charge on any atom is 0.343 e. The van der Waals surface area contributed by atoms with E-state index in [1.54, 1.807) is 42.5 Å². The summed E-state index contributed by atoms with van der Waals surface area (Å²) in [5.41, 5.74) is 3.26. The quantitative estimate of drug-likeness (QED) is 0.154. The molecule has 0 spiro atoms. The lowest BCUT2D eigenvalue weighted by molar-refractivity contribution is -0.120. The number of esters is 1. The van der Waals surface area contributed by atoms with Gasteiger partial charge in [-0.2, -0.15) is 5.10 Å². The van der Waals surface area contributed by atoms with Crippen LogP contribution < -0.4 is 29.7 Å². The molecule has 0 unspecified atom stereocenters. The summed E-state index contributed by atoms with van der Waals surface area (Å²) < 4.78 is 21.9. The molecule has 3 aromatic carbocycles. The molecule has 3 aromatic rings. The molecule has 0 aliphatic rings. The number of carbonyl (C=O) groups excluding carboxylic acids is 3. The summed E-state index contributed by atoms with van der Waals surface area (Å²) in [4.78, 5) is 37.3. The fraction of sp³-hybridized carbons (Fsp3) is 0.154. The minimum Gasteiger partial charge on any atom is -0.493 e. The van der Waals surface area contributed by atoms with E-state index in [2.05, 4.69) is 31.8 Å².